The lowest BCUT2D eigenvalue weighted by Gasteiger charge is -2.20. The molecule has 104 valence electrons. The highest BCUT2D eigenvalue weighted by atomic mass is 79.9. The van der Waals surface area contributed by atoms with Crippen LogP contribution in [0.5, 0.6) is 11.5 Å². The quantitative estimate of drug-likeness (QED) is 0.600. The van der Waals surface area contributed by atoms with E-state index in [2.05, 4.69) is 41.8 Å². The lowest BCUT2D eigenvalue weighted by atomic mass is 10.2. The Hall–Kier alpha value is -0.560. The summed E-state index contributed by atoms with van der Waals surface area (Å²) in [5, 5.41) is 0.511. The molecule has 0 saturated heterocycles. The monoisotopic (exact) mass is 438 g/mol. The molecule has 4 nitrogen and oxygen atoms in total. The first-order chi connectivity index (χ1) is 9.56. The van der Waals surface area contributed by atoms with Crippen LogP contribution in [-0.4, -0.2) is 23.2 Å². The van der Waals surface area contributed by atoms with Crippen LogP contribution in [0, 0.1) is 0 Å². The molecular weight excluding hydrogens is 435 g/mol. The van der Waals surface area contributed by atoms with Crippen molar-refractivity contribution in [3.8, 4) is 22.9 Å². The zero-order chi connectivity index (χ0) is 14.3. The molecule has 20 heavy (non-hydrogen) atoms. The van der Waals surface area contributed by atoms with Crippen molar-refractivity contribution >= 4 is 55.1 Å². The fraction of sp³-hybridized carbons (Fsp3) is 0.167. The Kier molecular flexibility index (Phi) is 4.08. The predicted molar refractivity (Wildman–Crippen MR) is 83.9 cm³/mol. The van der Waals surface area contributed by atoms with Crippen LogP contribution in [0.4, 0.5) is 0 Å². The molecule has 0 fully saturated rings. The molecule has 0 radical (unpaired) electrons. The van der Waals surface area contributed by atoms with Crippen LogP contribution in [0.1, 0.15) is 0 Å². The summed E-state index contributed by atoms with van der Waals surface area (Å²) in [6.07, 6.45) is 0. The number of hydrogen-bond acceptors (Lipinski definition) is 4. The highest BCUT2D eigenvalue weighted by Gasteiger charge is 2.19. The van der Waals surface area contributed by atoms with Crippen molar-refractivity contribution in [2.75, 3.05) is 13.2 Å². The van der Waals surface area contributed by atoms with E-state index in [1.54, 1.807) is 6.07 Å². The SMILES string of the molecule is Clc1nc(-c2cc(Br)c3c(c2)OCCO3)nc(Cl)c1Br. The van der Waals surface area contributed by atoms with Gasteiger partial charge in [0.05, 0.1) is 8.95 Å². The van der Waals surface area contributed by atoms with Crippen LogP contribution >= 0.6 is 55.1 Å². The standard InChI is InChI=1S/C12H6Br2Cl2N2O2/c13-6-3-5(4-7-9(6)20-2-1-19-7)12-17-10(15)8(14)11(16)18-12/h3-4H,1-2H2. The second kappa shape index (κ2) is 5.67. The highest BCUT2D eigenvalue weighted by Crippen LogP contribution is 2.41. The first-order valence-corrected chi connectivity index (χ1v) is 7.88. The second-order valence-corrected chi connectivity index (χ2v) is 6.29. The molecule has 0 saturated carbocycles. The van der Waals surface area contributed by atoms with E-state index in [0.29, 0.717) is 35.0 Å². The van der Waals surface area contributed by atoms with Crippen molar-refractivity contribution in [2.45, 2.75) is 0 Å². The van der Waals surface area contributed by atoms with E-state index in [0.717, 1.165) is 10.0 Å². The molecule has 0 amide bonds. The van der Waals surface area contributed by atoms with Gasteiger partial charge >= 0.3 is 0 Å². The molecule has 1 aliphatic heterocycles. The van der Waals surface area contributed by atoms with Gasteiger partial charge in [-0.25, -0.2) is 9.97 Å². The minimum Gasteiger partial charge on any atom is -0.486 e. The van der Waals surface area contributed by atoms with Crippen molar-refractivity contribution in [3.63, 3.8) is 0 Å². The number of halogens is 4. The zero-order valence-corrected chi connectivity index (χ0v) is 14.5. The number of benzene rings is 1. The average molecular weight is 441 g/mol. The van der Waals surface area contributed by atoms with Crippen molar-refractivity contribution in [1.29, 1.82) is 0 Å². The topological polar surface area (TPSA) is 44.2 Å². The zero-order valence-electron chi connectivity index (χ0n) is 9.79. The Bertz CT molecular complexity index is 674. The van der Waals surface area contributed by atoms with E-state index in [1.165, 1.54) is 0 Å². The first-order valence-electron chi connectivity index (χ1n) is 5.54. The molecule has 3 rings (SSSR count). The van der Waals surface area contributed by atoms with E-state index in [-0.39, 0.29) is 10.3 Å². The number of rotatable bonds is 1. The van der Waals surface area contributed by atoms with E-state index in [9.17, 15) is 0 Å². The minimum absolute atomic E-state index is 0.256. The van der Waals surface area contributed by atoms with Gasteiger partial charge < -0.3 is 9.47 Å². The van der Waals surface area contributed by atoms with Crippen molar-refractivity contribution in [1.82, 2.24) is 9.97 Å². The van der Waals surface area contributed by atoms with Crippen molar-refractivity contribution in [2.24, 2.45) is 0 Å². The van der Waals surface area contributed by atoms with Crippen molar-refractivity contribution < 1.29 is 9.47 Å². The van der Waals surface area contributed by atoms with E-state index < -0.39 is 0 Å². The van der Waals surface area contributed by atoms with Gasteiger partial charge in [0.2, 0.25) is 0 Å². The van der Waals surface area contributed by atoms with Crippen LogP contribution in [0.25, 0.3) is 11.4 Å². The summed E-state index contributed by atoms with van der Waals surface area (Å²) in [6, 6.07) is 3.64. The van der Waals surface area contributed by atoms with E-state index in [4.69, 9.17) is 32.7 Å². The molecule has 0 N–H and O–H groups in total. The predicted octanol–water partition coefficient (Wildman–Crippen LogP) is 4.75. The Morgan fingerprint density at radius 1 is 1.00 bits per heavy atom. The fourth-order valence-corrected chi connectivity index (χ4v) is 2.88. The van der Waals surface area contributed by atoms with Gasteiger partial charge in [-0.15, -0.1) is 0 Å². The smallest absolute Gasteiger partial charge is 0.175 e. The molecule has 2 heterocycles. The number of hydrogen-bond donors (Lipinski definition) is 0. The van der Waals surface area contributed by atoms with Gasteiger partial charge in [-0.05, 0) is 44.0 Å². The Morgan fingerprint density at radius 2 is 1.65 bits per heavy atom. The molecule has 1 aromatic carbocycles. The number of nitrogens with zero attached hydrogens (tertiary/aromatic N) is 2. The van der Waals surface area contributed by atoms with Crippen molar-refractivity contribution in [3.05, 3.63) is 31.4 Å². The van der Waals surface area contributed by atoms with Crippen LogP contribution in [0.15, 0.2) is 21.1 Å². The molecule has 0 bridgehead atoms. The molecule has 8 heteroatoms. The maximum absolute atomic E-state index is 6.00. The molecule has 0 atom stereocenters. The minimum atomic E-state index is 0.256. The fourth-order valence-electron chi connectivity index (χ4n) is 1.76. The lowest BCUT2D eigenvalue weighted by molar-refractivity contribution is 0.170. The Balaban J connectivity index is 2.13. The normalized spacial score (nSPS) is 13.4. The van der Waals surface area contributed by atoms with Crippen LogP contribution in [0.2, 0.25) is 10.3 Å². The lowest BCUT2D eigenvalue weighted by Crippen LogP contribution is -2.15. The molecule has 0 spiro atoms. The molecule has 2 aromatic rings. The number of fused-ring (bicyclic) bond motifs is 1. The molecule has 1 aliphatic rings. The molecule has 1 aromatic heterocycles. The third-order valence-electron chi connectivity index (χ3n) is 2.63. The maximum Gasteiger partial charge on any atom is 0.175 e. The van der Waals surface area contributed by atoms with Gasteiger partial charge in [-0.2, -0.15) is 0 Å². The van der Waals surface area contributed by atoms with Gasteiger partial charge in [0.1, 0.15) is 23.5 Å². The average Bonchev–Trinajstić information content (AvgIpc) is 2.44. The van der Waals surface area contributed by atoms with Gasteiger partial charge in [-0.1, -0.05) is 23.2 Å². The second-order valence-electron chi connectivity index (χ2n) is 3.93. The molecule has 0 unspecified atom stereocenters. The Labute approximate surface area is 141 Å². The summed E-state index contributed by atoms with van der Waals surface area (Å²) in [4.78, 5) is 8.40. The third-order valence-corrected chi connectivity index (χ3v) is 4.97. The Morgan fingerprint density at radius 3 is 2.35 bits per heavy atom. The summed E-state index contributed by atoms with van der Waals surface area (Å²) in [7, 11) is 0. The van der Waals surface area contributed by atoms with Gasteiger partial charge in [-0.3, -0.25) is 0 Å². The van der Waals surface area contributed by atoms with Gasteiger partial charge in [0.15, 0.2) is 17.3 Å². The number of ether oxygens (including phenoxy) is 2. The summed E-state index contributed by atoms with van der Waals surface area (Å²) in [6.45, 7) is 1.03. The van der Waals surface area contributed by atoms with Crippen LogP contribution in [0.3, 0.4) is 0 Å². The van der Waals surface area contributed by atoms with Crippen LogP contribution < -0.4 is 9.47 Å². The van der Waals surface area contributed by atoms with Gasteiger partial charge in [0, 0.05) is 5.56 Å². The van der Waals surface area contributed by atoms with E-state index >= 15 is 0 Å². The maximum atomic E-state index is 6.00. The van der Waals surface area contributed by atoms with Crippen LogP contribution in [-0.2, 0) is 0 Å². The van der Waals surface area contributed by atoms with E-state index in [1.807, 2.05) is 6.07 Å². The number of aromatic nitrogens is 2. The first kappa shape index (κ1) is 14.4. The summed E-state index contributed by atoms with van der Waals surface area (Å²) >= 11 is 18.7. The molecule has 0 aliphatic carbocycles. The summed E-state index contributed by atoms with van der Waals surface area (Å²) in [5.74, 6) is 1.73. The largest absolute Gasteiger partial charge is 0.486 e. The summed E-state index contributed by atoms with van der Waals surface area (Å²) < 4.78 is 12.3. The highest BCUT2D eigenvalue weighted by molar-refractivity contribution is 9.11. The summed E-state index contributed by atoms with van der Waals surface area (Å²) in [5.41, 5.74) is 0.734. The molecular formula is C12H6Br2Cl2N2O2. The van der Waals surface area contributed by atoms with Gasteiger partial charge in [0.25, 0.3) is 0 Å². The third kappa shape index (κ3) is 2.62.